The number of aliphatic hydroxyl groups excluding tert-OH is 2. The minimum Gasteiger partial charge on any atom is -0.504 e. The summed E-state index contributed by atoms with van der Waals surface area (Å²) in [6, 6.07) is 1.46. The van der Waals surface area contributed by atoms with Crippen molar-refractivity contribution in [2.45, 2.75) is 49.2 Å². The lowest BCUT2D eigenvalue weighted by Crippen LogP contribution is -2.79. The number of carbonyl (C=O) groups excluding carboxylic acids is 1. The second-order valence-electron chi connectivity index (χ2n) is 7.74. The molecule has 0 aromatic heterocycles. The van der Waals surface area contributed by atoms with Crippen LogP contribution in [0.25, 0.3) is 0 Å². The van der Waals surface area contributed by atoms with Crippen LogP contribution in [0.2, 0.25) is 0 Å². The normalized spacial score (nSPS) is 45.8. The Morgan fingerprint density at radius 1 is 1.25 bits per heavy atom. The van der Waals surface area contributed by atoms with Gasteiger partial charge in [0, 0.05) is 5.41 Å². The van der Waals surface area contributed by atoms with E-state index in [0.717, 1.165) is 0 Å². The highest BCUT2D eigenvalue weighted by atomic mass is 31.2. The average molecular weight is 415 g/mol. The summed E-state index contributed by atoms with van der Waals surface area (Å²) in [5.74, 6) is -0.970. The Kier molecular flexibility index (Phi) is 3.36. The van der Waals surface area contributed by atoms with E-state index in [-0.39, 0.29) is 29.4 Å². The lowest BCUT2D eigenvalue weighted by molar-refractivity contribution is -0.164. The molecule has 7 atom stereocenters. The van der Waals surface area contributed by atoms with Crippen LogP contribution >= 0.6 is 7.82 Å². The van der Waals surface area contributed by atoms with Crippen molar-refractivity contribution in [2.24, 2.45) is 0 Å². The number of amides is 1. The van der Waals surface area contributed by atoms with Crippen LogP contribution < -0.4 is 14.8 Å². The average Bonchev–Trinajstić information content (AvgIpc) is 3.21. The summed E-state index contributed by atoms with van der Waals surface area (Å²) in [6.45, 7) is 2.93. The SMILES string of the molecule is C[C@@]12NC(=O)c3c(cc4c(c3O)OCO4)[C@@]1(C)[C@@H](O)[C@H](O)[C@H]1OP(=O)(O)O[C@H]12. The molecule has 0 bridgehead atoms. The third-order valence-corrected chi connectivity index (χ3v) is 7.50. The smallest absolute Gasteiger partial charge is 0.473 e. The van der Waals surface area contributed by atoms with Gasteiger partial charge in [-0.25, -0.2) is 4.57 Å². The molecule has 2 fully saturated rings. The maximum atomic E-state index is 12.9. The number of aromatic hydroxyl groups is 1. The van der Waals surface area contributed by atoms with E-state index >= 15 is 0 Å². The number of phosphoric acid groups is 1. The molecule has 1 saturated carbocycles. The first-order chi connectivity index (χ1) is 13.0. The van der Waals surface area contributed by atoms with Gasteiger partial charge in [0.1, 0.15) is 18.3 Å². The number of carbonyl (C=O) groups is 1. The van der Waals surface area contributed by atoms with E-state index < -0.39 is 54.8 Å². The van der Waals surface area contributed by atoms with Crippen LogP contribution in [0.15, 0.2) is 6.07 Å². The number of fused-ring (bicyclic) bond motifs is 6. The van der Waals surface area contributed by atoms with Crippen LogP contribution in [0.5, 0.6) is 17.2 Å². The monoisotopic (exact) mass is 415 g/mol. The molecule has 5 N–H and O–H groups in total. The molecular formula is C16H18NO10P. The number of phenols is 1. The summed E-state index contributed by atoms with van der Waals surface area (Å²) in [4.78, 5) is 22.7. The molecule has 0 radical (unpaired) electrons. The van der Waals surface area contributed by atoms with Crippen molar-refractivity contribution in [3.8, 4) is 17.2 Å². The lowest BCUT2D eigenvalue weighted by Gasteiger charge is -2.59. The van der Waals surface area contributed by atoms with Crippen LogP contribution in [0.3, 0.4) is 0 Å². The van der Waals surface area contributed by atoms with E-state index in [0.29, 0.717) is 0 Å². The fraction of sp³-hybridized carbons (Fsp3) is 0.562. The van der Waals surface area contributed by atoms with E-state index in [9.17, 15) is 29.6 Å². The van der Waals surface area contributed by atoms with Crippen molar-refractivity contribution >= 4 is 13.7 Å². The Morgan fingerprint density at radius 3 is 2.68 bits per heavy atom. The van der Waals surface area contributed by atoms with Crippen LogP contribution in [0.1, 0.15) is 29.8 Å². The second-order valence-corrected chi connectivity index (χ2v) is 9.10. The standard InChI is InChI=1S/C16H18NO10P/c1-15-5-3-6-10(25-4-24-6)8(18)7(5)14(21)17-16(15,2)13-11(9(19)12(15)20)26-28(22,23)27-13/h3,9,11-13,18-20H,4H2,1-2H3,(H,17,21)(H,22,23)/t9-,11-,12+,13-,15+,16+/m1/s1. The summed E-state index contributed by atoms with van der Waals surface area (Å²) in [6.07, 6.45) is -5.72. The maximum absolute atomic E-state index is 12.9. The van der Waals surface area contributed by atoms with E-state index in [2.05, 4.69) is 5.32 Å². The molecule has 1 aliphatic carbocycles. The Hall–Kier alpha value is -1.88. The highest BCUT2D eigenvalue weighted by molar-refractivity contribution is 7.47. The van der Waals surface area contributed by atoms with Gasteiger partial charge in [-0.2, -0.15) is 0 Å². The predicted octanol–water partition coefficient (Wildman–Crippen LogP) is -0.500. The number of hydrogen-bond acceptors (Lipinski definition) is 9. The van der Waals surface area contributed by atoms with E-state index in [1.54, 1.807) is 6.92 Å². The molecule has 5 rings (SSSR count). The van der Waals surface area contributed by atoms with Gasteiger partial charge in [-0.1, -0.05) is 6.92 Å². The Balaban J connectivity index is 1.78. The first-order valence-corrected chi connectivity index (χ1v) is 10.0. The largest absolute Gasteiger partial charge is 0.504 e. The maximum Gasteiger partial charge on any atom is 0.473 e. The zero-order chi connectivity index (χ0) is 20.2. The van der Waals surface area contributed by atoms with Crippen molar-refractivity contribution in [3.63, 3.8) is 0 Å². The molecule has 1 unspecified atom stereocenters. The van der Waals surface area contributed by atoms with Gasteiger partial charge in [0.05, 0.1) is 17.2 Å². The fourth-order valence-corrected chi connectivity index (χ4v) is 6.05. The van der Waals surface area contributed by atoms with Gasteiger partial charge in [-0.15, -0.1) is 0 Å². The number of benzene rings is 1. The quantitative estimate of drug-likeness (QED) is 0.349. The zero-order valence-electron chi connectivity index (χ0n) is 14.8. The molecule has 1 aromatic rings. The first-order valence-electron chi connectivity index (χ1n) is 8.55. The number of rotatable bonds is 0. The summed E-state index contributed by atoms with van der Waals surface area (Å²) in [5, 5.41) is 34.9. The van der Waals surface area contributed by atoms with Crippen molar-refractivity contribution in [1.29, 1.82) is 0 Å². The Morgan fingerprint density at radius 2 is 1.96 bits per heavy atom. The van der Waals surface area contributed by atoms with Gasteiger partial charge >= 0.3 is 7.82 Å². The number of aliphatic hydroxyl groups is 2. The van der Waals surface area contributed by atoms with E-state index in [1.807, 2.05) is 0 Å². The van der Waals surface area contributed by atoms with Crippen LogP contribution in [0, 0.1) is 0 Å². The molecule has 3 heterocycles. The van der Waals surface area contributed by atoms with Crippen LogP contribution in [-0.4, -0.2) is 62.9 Å². The fourth-order valence-electron chi connectivity index (χ4n) is 4.84. The molecule has 152 valence electrons. The molecule has 11 nitrogen and oxygen atoms in total. The number of phenolic OH excluding ortho intramolecular Hbond substituents is 1. The molecule has 4 aliphatic rings. The van der Waals surface area contributed by atoms with Crippen molar-refractivity contribution in [3.05, 3.63) is 17.2 Å². The van der Waals surface area contributed by atoms with Crippen molar-refractivity contribution in [1.82, 2.24) is 5.32 Å². The van der Waals surface area contributed by atoms with Gasteiger partial charge in [-0.3, -0.25) is 13.8 Å². The van der Waals surface area contributed by atoms with Gasteiger partial charge in [-0.05, 0) is 18.6 Å². The van der Waals surface area contributed by atoms with Crippen molar-refractivity contribution < 1.29 is 48.1 Å². The summed E-state index contributed by atoms with van der Waals surface area (Å²) in [5.41, 5.74) is -2.85. The summed E-state index contributed by atoms with van der Waals surface area (Å²) in [7, 11) is -4.49. The highest BCUT2D eigenvalue weighted by Crippen LogP contribution is 2.63. The minimum absolute atomic E-state index is 0.00476. The number of ether oxygens (including phenoxy) is 2. The molecule has 1 aromatic carbocycles. The molecule has 0 spiro atoms. The summed E-state index contributed by atoms with van der Waals surface area (Å²) >= 11 is 0. The topological polar surface area (TPSA) is 164 Å². The zero-order valence-corrected chi connectivity index (χ0v) is 15.7. The second kappa shape index (κ2) is 5.18. The van der Waals surface area contributed by atoms with E-state index in [1.165, 1.54) is 13.0 Å². The Labute approximate surface area is 158 Å². The number of hydrogen-bond donors (Lipinski definition) is 5. The third-order valence-electron chi connectivity index (χ3n) is 6.50. The minimum atomic E-state index is -4.49. The van der Waals surface area contributed by atoms with Gasteiger partial charge in [0.15, 0.2) is 11.5 Å². The lowest BCUT2D eigenvalue weighted by atomic mass is 9.53. The molecule has 1 saturated heterocycles. The van der Waals surface area contributed by atoms with Gasteiger partial charge in [0.2, 0.25) is 12.5 Å². The van der Waals surface area contributed by atoms with Crippen LogP contribution in [0.4, 0.5) is 0 Å². The van der Waals surface area contributed by atoms with Crippen molar-refractivity contribution in [2.75, 3.05) is 6.79 Å². The molecule has 3 aliphatic heterocycles. The molecule has 12 heteroatoms. The summed E-state index contributed by atoms with van der Waals surface area (Å²) < 4.78 is 32.7. The van der Waals surface area contributed by atoms with Gasteiger partial charge in [0.25, 0.3) is 5.91 Å². The number of nitrogens with one attached hydrogen (secondary N) is 1. The molecular weight excluding hydrogens is 397 g/mol. The van der Waals surface area contributed by atoms with Gasteiger partial charge < -0.3 is 35.0 Å². The highest BCUT2D eigenvalue weighted by Gasteiger charge is 2.72. The third kappa shape index (κ3) is 1.91. The van der Waals surface area contributed by atoms with E-state index in [4.69, 9.17) is 18.5 Å². The molecule has 1 amide bonds. The Bertz CT molecular complexity index is 967. The number of phosphoric ester groups is 1. The first kappa shape index (κ1) is 18.2. The molecule has 28 heavy (non-hydrogen) atoms. The predicted molar refractivity (Wildman–Crippen MR) is 89.0 cm³/mol. The van der Waals surface area contributed by atoms with Crippen LogP contribution in [-0.2, 0) is 19.0 Å².